The van der Waals surface area contributed by atoms with E-state index in [1.807, 2.05) is 0 Å². The molecule has 3 rings (SSSR count). The van der Waals surface area contributed by atoms with E-state index in [1.165, 1.54) is 0 Å². The lowest BCUT2D eigenvalue weighted by atomic mass is 9.92. The van der Waals surface area contributed by atoms with Gasteiger partial charge >= 0.3 is 0 Å². The van der Waals surface area contributed by atoms with Crippen molar-refractivity contribution in [2.45, 2.75) is 0 Å². The van der Waals surface area contributed by atoms with Gasteiger partial charge < -0.3 is 10.6 Å². The first-order valence-electron chi connectivity index (χ1n) is 6.77. The highest BCUT2D eigenvalue weighted by atomic mass is 16.5. The minimum Gasteiger partial charge on any atom is -0.497 e. The van der Waals surface area contributed by atoms with Gasteiger partial charge in [0.2, 0.25) is 0 Å². The summed E-state index contributed by atoms with van der Waals surface area (Å²) in [6.45, 7) is 0. The Morgan fingerprint density at radius 2 is 1.55 bits per heavy atom. The fourth-order valence-corrected chi connectivity index (χ4v) is 2.67. The van der Waals surface area contributed by atoms with Crippen LogP contribution in [0.25, 0.3) is 0 Å². The number of benzene rings is 2. The van der Waals surface area contributed by atoms with Crippen LogP contribution in [0.2, 0.25) is 0 Å². The Bertz CT molecular complexity index is 744. The normalized spacial score (nSPS) is 15.0. The average molecular weight is 294 g/mol. The number of Topliss-reactive ketones (excluding diaryl/α,β-unsaturated/α-hetero) is 2. The number of rotatable bonds is 3. The Labute approximate surface area is 127 Å². The van der Waals surface area contributed by atoms with Crippen molar-refractivity contribution in [3.8, 4) is 5.75 Å². The zero-order chi connectivity index (χ0) is 15.7. The van der Waals surface area contributed by atoms with Crippen LogP contribution >= 0.6 is 0 Å². The molecule has 0 heterocycles. The molecule has 0 atom stereocenters. The first-order chi connectivity index (χ1) is 10.7. The van der Waals surface area contributed by atoms with Gasteiger partial charge in [0.25, 0.3) is 0 Å². The number of carbonyl (C=O) groups excluding carboxylic acids is 2. The van der Waals surface area contributed by atoms with Gasteiger partial charge in [-0.15, -0.1) is 0 Å². The van der Waals surface area contributed by atoms with Crippen LogP contribution in [0.3, 0.4) is 0 Å². The van der Waals surface area contributed by atoms with E-state index >= 15 is 0 Å². The van der Waals surface area contributed by atoms with Crippen molar-refractivity contribution in [2.75, 3.05) is 7.11 Å². The molecule has 0 radical (unpaired) electrons. The fourth-order valence-electron chi connectivity index (χ4n) is 2.67. The highest BCUT2D eigenvalue weighted by molar-refractivity contribution is 6.38. The molecule has 5 nitrogen and oxygen atoms in total. The Morgan fingerprint density at radius 1 is 1.00 bits per heavy atom. The number of carbonyl (C=O) groups is 2. The number of nitrogens with zero attached hydrogens (tertiary/aromatic N) is 1. The summed E-state index contributed by atoms with van der Waals surface area (Å²) in [7, 11) is 1.56. The van der Waals surface area contributed by atoms with Crippen molar-refractivity contribution >= 4 is 17.3 Å². The molecule has 0 aliphatic heterocycles. The van der Waals surface area contributed by atoms with Gasteiger partial charge in [-0.1, -0.05) is 24.3 Å². The van der Waals surface area contributed by atoms with Crippen molar-refractivity contribution in [3.63, 3.8) is 0 Å². The summed E-state index contributed by atoms with van der Waals surface area (Å²) in [6.07, 6.45) is 0. The minimum atomic E-state index is -0.976. The van der Waals surface area contributed by atoms with Gasteiger partial charge in [-0.2, -0.15) is 5.10 Å². The molecule has 1 aliphatic carbocycles. The van der Waals surface area contributed by atoms with E-state index in [2.05, 4.69) is 5.10 Å². The third kappa shape index (κ3) is 2.07. The van der Waals surface area contributed by atoms with Crippen molar-refractivity contribution < 1.29 is 14.3 Å². The van der Waals surface area contributed by atoms with Crippen LogP contribution < -0.4 is 10.6 Å². The molecule has 2 N–H and O–H groups in total. The monoisotopic (exact) mass is 294 g/mol. The zero-order valence-corrected chi connectivity index (χ0v) is 11.9. The minimum absolute atomic E-state index is 0.263. The van der Waals surface area contributed by atoms with Gasteiger partial charge in [0.1, 0.15) is 11.7 Å². The third-order valence-corrected chi connectivity index (χ3v) is 3.78. The molecule has 0 spiro atoms. The first-order valence-corrected chi connectivity index (χ1v) is 6.77. The first kappa shape index (κ1) is 14.0. The smallest absolute Gasteiger partial charge is 0.180 e. The van der Waals surface area contributed by atoms with E-state index in [1.54, 1.807) is 55.6 Å². The molecule has 2 aromatic carbocycles. The number of fused-ring (bicyclic) bond motifs is 1. The predicted octanol–water partition coefficient (Wildman–Crippen LogP) is 2.05. The van der Waals surface area contributed by atoms with Gasteiger partial charge in [0.05, 0.1) is 12.8 Å². The SMILES string of the molecule is COc1ccc(/C(=N/N)C2C(=O)c3ccccc3C2=O)cc1. The average Bonchev–Trinajstić information content (AvgIpc) is 2.82. The molecule has 2 aromatic rings. The molecule has 0 fully saturated rings. The number of methoxy groups -OCH3 is 1. The molecule has 5 heteroatoms. The standard InChI is InChI=1S/C17H14N2O3/c1-22-11-8-6-10(7-9-11)15(19-18)14-16(20)12-4-2-3-5-13(12)17(14)21/h2-9,14H,18H2,1H3/b19-15-. The third-order valence-electron chi connectivity index (χ3n) is 3.78. The maximum Gasteiger partial charge on any atom is 0.180 e. The molecule has 0 unspecified atom stereocenters. The molecule has 0 saturated heterocycles. The molecule has 0 amide bonds. The highest BCUT2D eigenvalue weighted by Crippen LogP contribution is 2.29. The van der Waals surface area contributed by atoms with Crippen LogP contribution in [-0.4, -0.2) is 24.4 Å². The molecule has 0 bridgehead atoms. The Morgan fingerprint density at radius 3 is 2.00 bits per heavy atom. The molecule has 110 valence electrons. The maximum absolute atomic E-state index is 12.5. The lowest BCUT2D eigenvalue weighted by Gasteiger charge is -2.11. The van der Waals surface area contributed by atoms with Crippen LogP contribution in [-0.2, 0) is 0 Å². The van der Waals surface area contributed by atoms with Crippen LogP contribution in [0.1, 0.15) is 26.3 Å². The summed E-state index contributed by atoms with van der Waals surface area (Å²) in [5, 5.41) is 3.71. The quantitative estimate of drug-likeness (QED) is 0.406. The van der Waals surface area contributed by atoms with E-state index < -0.39 is 5.92 Å². The topological polar surface area (TPSA) is 81.8 Å². The number of hydrazone groups is 1. The molecule has 0 aromatic heterocycles. The van der Waals surface area contributed by atoms with Crippen LogP contribution in [0.4, 0.5) is 0 Å². The van der Waals surface area contributed by atoms with Gasteiger partial charge in [-0.25, -0.2) is 0 Å². The Kier molecular flexibility index (Phi) is 3.47. The summed E-state index contributed by atoms with van der Waals surface area (Å²) in [5.41, 5.74) is 1.75. The van der Waals surface area contributed by atoms with Gasteiger partial charge in [0, 0.05) is 11.1 Å². The highest BCUT2D eigenvalue weighted by Gasteiger charge is 2.42. The van der Waals surface area contributed by atoms with Crippen molar-refractivity contribution in [2.24, 2.45) is 16.9 Å². The van der Waals surface area contributed by atoms with E-state index in [0.717, 1.165) is 0 Å². The largest absolute Gasteiger partial charge is 0.497 e. The molecule has 0 saturated carbocycles. The van der Waals surface area contributed by atoms with Gasteiger partial charge in [0.15, 0.2) is 11.6 Å². The number of hydrogen-bond acceptors (Lipinski definition) is 5. The van der Waals surface area contributed by atoms with E-state index in [4.69, 9.17) is 10.6 Å². The Hall–Kier alpha value is -2.95. The van der Waals surface area contributed by atoms with Crippen molar-refractivity contribution in [1.82, 2.24) is 0 Å². The molecule has 1 aliphatic rings. The van der Waals surface area contributed by atoms with E-state index in [9.17, 15) is 9.59 Å². The van der Waals surface area contributed by atoms with E-state index in [0.29, 0.717) is 22.4 Å². The van der Waals surface area contributed by atoms with Crippen molar-refractivity contribution in [3.05, 3.63) is 65.2 Å². The lowest BCUT2D eigenvalue weighted by molar-refractivity contribution is 0.0883. The van der Waals surface area contributed by atoms with Crippen LogP contribution in [0, 0.1) is 5.92 Å². The second-order valence-corrected chi connectivity index (χ2v) is 4.95. The zero-order valence-electron chi connectivity index (χ0n) is 11.9. The second kappa shape index (κ2) is 5.44. The summed E-state index contributed by atoms with van der Waals surface area (Å²) >= 11 is 0. The van der Waals surface area contributed by atoms with E-state index in [-0.39, 0.29) is 17.3 Å². The predicted molar refractivity (Wildman–Crippen MR) is 82.3 cm³/mol. The van der Waals surface area contributed by atoms with Crippen molar-refractivity contribution in [1.29, 1.82) is 0 Å². The molecule has 22 heavy (non-hydrogen) atoms. The number of ketones is 2. The second-order valence-electron chi connectivity index (χ2n) is 4.95. The fraction of sp³-hybridized carbons (Fsp3) is 0.118. The van der Waals surface area contributed by atoms with Gasteiger partial charge in [-0.05, 0) is 29.8 Å². The summed E-state index contributed by atoms with van der Waals surface area (Å²) in [6, 6.07) is 13.7. The summed E-state index contributed by atoms with van der Waals surface area (Å²) < 4.78 is 5.10. The number of hydrogen-bond donors (Lipinski definition) is 1. The number of ether oxygens (including phenoxy) is 1. The van der Waals surface area contributed by atoms with Crippen LogP contribution in [0.15, 0.2) is 53.6 Å². The maximum atomic E-state index is 12.5. The summed E-state index contributed by atoms with van der Waals surface area (Å²) in [5.74, 6) is 4.64. The summed E-state index contributed by atoms with van der Waals surface area (Å²) in [4.78, 5) is 25.0. The lowest BCUT2D eigenvalue weighted by Crippen LogP contribution is -2.27. The van der Waals surface area contributed by atoms with Gasteiger partial charge in [-0.3, -0.25) is 9.59 Å². The molecular weight excluding hydrogens is 280 g/mol. The number of nitrogens with two attached hydrogens (primary N) is 1. The van der Waals surface area contributed by atoms with Crippen LogP contribution in [0.5, 0.6) is 5.75 Å². The molecular formula is C17H14N2O3. The Balaban J connectivity index is 2.02.